The normalized spacial score (nSPS) is 29.6. The number of ether oxygens (including phenoxy) is 1. The van der Waals surface area contributed by atoms with Gasteiger partial charge < -0.3 is 9.64 Å². The molecule has 0 bridgehead atoms. The zero-order valence-corrected chi connectivity index (χ0v) is 5.37. The summed E-state index contributed by atoms with van der Waals surface area (Å²) < 4.78 is 4.97. The minimum Gasteiger partial charge on any atom is -0.355 e. The maximum absolute atomic E-state index is 8.39. The number of nitriles is 1. The highest BCUT2D eigenvalue weighted by molar-refractivity contribution is 4.90. The maximum atomic E-state index is 8.39. The van der Waals surface area contributed by atoms with E-state index in [0.717, 1.165) is 6.54 Å². The van der Waals surface area contributed by atoms with Crippen molar-refractivity contribution in [3.05, 3.63) is 6.61 Å². The van der Waals surface area contributed by atoms with Gasteiger partial charge in [0, 0.05) is 13.1 Å². The van der Waals surface area contributed by atoms with E-state index in [0.29, 0.717) is 6.54 Å². The van der Waals surface area contributed by atoms with Crippen LogP contribution in [-0.2, 0) is 4.74 Å². The highest BCUT2D eigenvalue weighted by Crippen LogP contribution is 2.03. The zero-order chi connectivity index (χ0) is 6.69. The predicted molar refractivity (Wildman–Crippen MR) is 32.3 cm³/mol. The average Bonchev–Trinajstić information content (AvgIpc) is 1.88. The van der Waals surface area contributed by atoms with Crippen LogP contribution in [0, 0.1) is 17.9 Å². The molecule has 1 unspecified atom stereocenters. The molecule has 1 fully saturated rings. The van der Waals surface area contributed by atoms with Crippen LogP contribution in [-0.4, -0.2) is 31.1 Å². The number of morpholine rings is 1. The first-order valence-corrected chi connectivity index (χ1v) is 2.88. The second kappa shape index (κ2) is 2.81. The molecule has 0 amide bonds. The van der Waals surface area contributed by atoms with Gasteiger partial charge in [0.2, 0.25) is 0 Å². The van der Waals surface area contributed by atoms with Crippen molar-refractivity contribution in [2.75, 3.05) is 20.1 Å². The third kappa shape index (κ3) is 1.67. The molecule has 1 aliphatic rings. The second-order valence-corrected chi connectivity index (χ2v) is 2.14. The highest BCUT2D eigenvalue weighted by atomic mass is 16.5. The van der Waals surface area contributed by atoms with Crippen LogP contribution in [0.3, 0.4) is 0 Å². The molecule has 0 N–H and O–H groups in total. The Bertz CT molecular complexity index is 130. The summed E-state index contributed by atoms with van der Waals surface area (Å²) >= 11 is 0. The van der Waals surface area contributed by atoms with Gasteiger partial charge in [0.15, 0.2) is 6.10 Å². The Labute approximate surface area is 54.8 Å². The van der Waals surface area contributed by atoms with E-state index in [1.54, 1.807) is 6.61 Å². The first-order valence-electron chi connectivity index (χ1n) is 2.88. The number of rotatable bonds is 0. The van der Waals surface area contributed by atoms with Crippen LogP contribution in [0.15, 0.2) is 0 Å². The fourth-order valence-electron chi connectivity index (χ4n) is 0.758. The molecule has 1 aliphatic heterocycles. The summed E-state index contributed by atoms with van der Waals surface area (Å²) in [6.07, 6.45) is -0.260. The number of hydrogen-bond acceptors (Lipinski definition) is 3. The van der Waals surface area contributed by atoms with Crippen LogP contribution in [0.4, 0.5) is 0 Å². The molecule has 1 saturated heterocycles. The number of nitrogens with zero attached hydrogens (tertiary/aromatic N) is 2. The Morgan fingerprint density at radius 3 is 3.11 bits per heavy atom. The van der Waals surface area contributed by atoms with E-state index in [1.807, 2.05) is 18.0 Å². The predicted octanol–water partition coefficient (Wildman–Crippen LogP) is 0.00237. The molecule has 9 heavy (non-hydrogen) atoms. The van der Waals surface area contributed by atoms with Crippen molar-refractivity contribution in [2.45, 2.75) is 6.10 Å². The molecule has 0 aromatic rings. The lowest BCUT2D eigenvalue weighted by Gasteiger charge is -2.24. The molecule has 1 heterocycles. The first-order chi connectivity index (χ1) is 4.33. The average molecular weight is 125 g/mol. The zero-order valence-electron chi connectivity index (χ0n) is 5.37. The SMILES string of the molecule is CN1C[CH]OC(C#N)C1. The van der Waals surface area contributed by atoms with Gasteiger partial charge in [-0.3, -0.25) is 0 Å². The van der Waals surface area contributed by atoms with E-state index < -0.39 is 0 Å². The molecule has 1 atom stereocenters. The summed E-state index contributed by atoms with van der Waals surface area (Å²) in [4.78, 5) is 2.04. The van der Waals surface area contributed by atoms with Crippen molar-refractivity contribution in [1.29, 1.82) is 5.26 Å². The first kappa shape index (κ1) is 6.53. The summed E-state index contributed by atoms with van der Waals surface area (Å²) in [6.45, 7) is 3.20. The second-order valence-electron chi connectivity index (χ2n) is 2.14. The van der Waals surface area contributed by atoms with Crippen molar-refractivity contribution in [3.8, 4) is 6.07 Å². The molecule has 1 rings (SSSR count). The van der Waals surface area contributed by atoms with Gasteiger partial charge in [0.1, 0.15) is 0 Å². The summed E-state index contributed by atoms with van der Waals surface area (Å²) in [5.74, 6) is 0. The van der Waals surface area contributed by atoms with E-state index in [4.69, 9.17) is 10.00 Å². The molecular weight excluding hydrogens is 116 g/mol. The van der Waals surface area contributed by atoms with Crippen molar-refractivity contribution < 1.29 is 4.74 Å². The lowest BCUT2D eigenvalue weighted by Crippen LogP contribution is -2.36. The standard InChI is InChI=1S/C6H9N2O/c1-8-2-3-9-6(4-7)5-8/h3,6H,2,5H2,1H3. The number of likely N-dealkylation sites (N-methyl/N-ethyl adjacent to an activating group) is 1. The van der Waals surface area contributed by atoms with E-state index in [-0.39, 0.29) is 6.10 Å². The van der Waals surface area contributed by atoms with Gasteiger partial charge in [-0.2, -0.15) is 5.26 Å². The third-order valence-electron chi connectivity index (χ3n) is 1.27. The highest BCUT2D eigenvalue weighted by Gasteiger charge is 2.16. The van der Waals surface area contributed by atoms with Crippen LogP contribution in [0.25, 0.3) is 0 Å². The van der Waals surface area contributed by atoms with Gasteiger partial charge in [0.25, 0.3) is 0 Å². The molecule has 1 radical (unpaired) electrons. The summed E-state index contributed by atoms with van der Waals surface area (Å²) in [7, 11) is 1.96. The Morgan fingerprint density at radius 2 is 2.67 bits per heavy atom. The molecule has 0 spiro atoms. The summed E-state index contributed by atoms with van der Waals surface area (Å²) in [6, 6.07) is 2.04. The van der Waals surface area contributed by atoms with Gasteiger partial charge in [-0.15, -0.1) is 0 Å². The van der Waals surface area contributed by atoms with Gasteiger partial charge in [-0.1, -0.05) is 0 Å². The molecular formula is C6H9N2O. The number of hydrogen-bond donors (Lipinski definition) is 0. The van der Waals surface area contributed by atoms with Crippen LogP contribution in [0.2, 0.25) is 0 Å². The van der Waals surface area contributed by atoms with Crippen LogP contribution < -0.4 is 0 Å². The Hall–Kier alpha value is -0.590. The van der Waals surface area contributed by atoms with Crippen molar-refractivity contribution in [2.24, 2.45) is 0 Å². The minimum absolute atomic E-state index is 0.260. The summed E-state index contributed by atoms with van der Waals surface area (Å²) in [5, 5.41) is 8.39. The largest absolute Gasteiger partial charge is 0.355 e. The third-order valence-corrected chi connectivity index (χ3v) is 1.27. The molecule has 3 heteroatoms. The Morgan fingerprint density at radius 1 is 1.89 bits per heavy atom. The molecule has 0 aromatic carbocycles. The van der Waals surface area contributed by atoms with Gasteiger partial charge in [-0.05, 0) is 7.05 Å². The lowest BCUT2D eigenvalue weighted by atomic mass is 10.3. The maximum Gasteiger partial charge on any atom is 0.157 e. The lowest BCUT2D eigenvalue weighted by molar-refractivity contribution is 0.0582. The Kier molecular flexibility index (Phi) is 2.04. The van der Waals surface area contributed by atoms with Gasteiger partial charge in [-0.25, -0.2) is 0 Å². The molecule has 0 saturated carbocycles. The molecule has 0 aliphatic carbocycles. The minimum atomic E-state index is -0.260. The fourth-order valence-corrected chi connectivity index (χ4v) is 0.758. The van der Waals surface area contributed by atoms with E-state index in [1.165, 1.54) is 0 Å². The molecule has 0 aromatic heterocycles. The fraction of sp³-hybridized carbons (Fsp3) is 0.667. The van der Waals surface area contributed by atoms with Crippen molar-refractivity contribution in [3.63, 3.8) is 0 Å². The smallest absolute Gasteiger partial charge is 0.157 e. The molecule has 49 valence electrons. The van der Waals surface area contributed by atoms with E-state index in [9.17, 15) is 0 Å². The van der Waals surface area contributed by atoms with E-state index in [2.05, 4.69) is 0 Å². The molecule has 3 nitrogen and oxygen atoms in total. The van der Waals surface area contributed by atoms with Crippen LogP contribution in [0.5, 0.6) is 0 Å². The van der Waals surface area contributed by atoms with Crippen molar-refractivity contribution in [1.82, 2.24) is 4.90 Å². The van der Waals surface area contributed by atoms with Crippen LogP contribution in [0.1, 0.15) is 0 Å². The summed E-state index contributed by atoms with van der Waals surface area (Å²) in [5.41, 5.74) is 0. The Balaban J connectivity index is 2.34. The quantitative estimate of drug-likeness (QED) is 0.457. The monoisotopic (exact) mass is 125 g/mol. The van der Waals surface area contributed by atoms with Crippen molar-refractivity contribution >= 4 is 0 Å². The van der Waals surface area contributed by atoms with Gasteiger partial charge in [0.05, 0.1) is 12.7 Å². The van der Waals surface area contributed by atoms with Gasteiger partial charge >= 0.3 is 0 Å². The van der Waals surface area contributed by atoms with E-state index >= 15 is 0 Å². The van der Waals surface area contributed by atoms with Crippen LogP contribution >= 0.6 is 0 Å². The topological polar surface area (TPSA) is 36.3 Å².